The second-order valence-corrected chi connectivity index (χ2v) is 28.6. The highest BCUT2D eigenvalue weighted by Gasteiger charge is 2.81. The van der Waals surface area contributed by atoms with Gasteiger partial charge in [-0.1, -0.05) is 35.5 Å². The van der Waals surface area contributed by atoms with E-state index in [1.807, 2.05) is 66.7 Å². The highest BCUT2D eigenvalue weighted by molar-refractivity contribution is 6.19. The first-order valence-electron chi connectivity index (χ1n) is 33.0. The molecule has 4 bridgehead atoms. The maximum atomic E-state index is 16.4. The SMILES string of the molecule is COc1cc(C2c3cc4c(cc3C(NC(=O)/C(C)=C\CC35OC(C)(C)C6CC(C=C7C(=O)c8c(OC(=O)c9ccc(O[C@@H]%10O[C@@H]%11COC(C)(C)O[C@H]%11[C@H](O)[C@H]%10O)cc9)c9c(c(CC=C(C)C)c8OC763)OC(C)(CCC=C(C)C)C=C9)C5=O)C3COC(=O)C23)OCO4)cc(OC)c1O. The van der Waals surface area contributed by atoms with Gasteiger partial charge in [0.2, 0.25) is 24.7 Å². The topological polar surface area (TPSA) is 278 Å². The van der Waals surface area contributed by atoms with Gasteiger partial charge in [0.05, 0.1) is 56.1 Å². The monoisotopic (exact) mass is 1330 g/mol. The summed E-state index contributed by atoms with van der Waals surface area (Å²) in [7, 11) is 2.83. The van der Waals surface area contributed by atoms with E-state index in [2.05, 4.69) is 11.4 Å². The molecular weight excluding hydrogens is 1250 g/mol. The van der Waals surface area contributed by atoms with Crippen molar-refractivity contribution in [3.8, 4) is 51.7 Å². The van der Waals surface area contributed by atoms with Gasteiger partial charge < -0.3 is 82.2 Å². The summed E-state index contributed by atoms with van der Waals surface area (Å²) in [4.78, 5) is 76.2. The minimum absolute atomic E-state index is 0.0376. The number of hydrogen-bond donors (Lipinski definition) is 4. The molecule has 4 aliphatic carbocycles. The molecule has 7 aliphatic heterocycles. The molecule has 15 rings (SSSR count). The number of Topliss-reactive ketones (excluding diaryl/α,β-unsaturated/α-hetero) is 2. The Morgan fingerprint density at radius 1 is 0.814 bits per heavy atom. The number of carbonyl (C=O) groups excluding carboxylic acids is 5. The van der Waals surface area contributed by atoms with E-state index in [1.165, 1.54) is 38.5 Å². The van der Waals surface area contributed by atoms with Crippen LogP contribution in [-0.4, -0.2) is 138 Å². The molecule has 14 atom stereocenters. The average molecular weight is 1330 g/mol. The van der Waals surface area contributed by atoms with Crippen LogP contribution in [0.1, 0.15) is 155 Å². The molecule has 0 aromatic heterocycles. The van der Waals surface area contributed by atoms with E-state index >= 15 is 14.4 Å². The van der Waals surface area contributed by atoms with Crippen molar-refractivity contribution in [2.75, 3.05) is 34.2 Å². The molecule has 1 saturated carbocycles. The number of rotatable bonds is 16. The molecule has 512 valence electrons. The summed E-state index contributed by atoms with van der Waals surface area (Å²) in [6.07, 6.45) is 6.85. The normalized spacial score (nSPS) is 31.5. The second-order valence-electron chi connectivity index (χ2n) is 28.6. The molecule has 0 radical (unpaired) electrons. The number of cyclic esters (lactones) is 1. The van der Waals surface area contributed by atoms with Crippen molar-refractivity contribution >= 4 is 35.5 Å². The van der Waals surface area contributed by atoms with Gasteiger partial charge in [-0.25, -0.2) is 4.79 Å². The predicted octanol–water partition coefficient (Wildman–Crippen LogP) is 9.89. The van der Waals surface area contributed by atoms with E-state index in [0.717, 1.165) is 11.1 Å². The number of aliphatic hydroxyl groups is 2. The van der Waals surface area contributed by atoms with Crippen molar-refractivity contribution in [2.24, 2.45) is 23.7 Å². The molecule has 4 N–H and O–H groups in total. The molecule has 7 heterocycles. The van der Waals surface area contributed by atoms with Crippen molar-refractivity contribution in [1.82, 2.24) is 5.32 Å². The average Bonchev–Trinajstić information content (AvgIpc) is 1.53. The van der Waals surface area contributed by atoms with E-state index in [1.54, 1.807) is 57.2 Å². The number of fused-ring (bicyclic) bond motifs is 6. The Morgan fingerprint density at radius 2 is 1.52 bits per heavy atom. The first kappa shape index (κ1) is 65.8. The van der Waals surface area contributed by atoms with Crippen molar-refractivity contribution in [3.05, 3.63) is 140 Å². The molecule has 1 spiro atoms. The van der Waals surface area contributed by atoms with Gasteiger partial charge in [-0.05, 0) is 172 Å². The number of ether oxygens (including phenoxy) is 13. The molecule has 1 amide bonds. The van der Waals surface area contributed by atoms with Crippen LogP contribution in [0.5, 0.6) is 51.7 Å². The highest BCUT2D eigenvalue weighted by Crippen LogP contribution is 2.69. The molecule has 11 aliphatic rings. The van der Waals surface area contributed by atoms with Crippen LogP contribution in [0.25, 0.3) is 6.08 Å². The van der Waals surface area contributed by atoms with Gasteiger partial charge >= 0.3 is 11.9 Å². The van der Waals surface area contributed by atoms with Crippen LogP contribution in [-0.2, 0) is 44.5 Å². The molecule has 9 unspecified atom stereocenters. The number of aromatic hydroxyl groups is 1. The number of amides is 1. The number of carbonyl (C=O) groups is 5. The molecule has 97 heavy (non-hydrogen) atoms. The summed E-state index contributed by atoms with van der Waals surface area (Å²) in [6.45, 7) is 18.7. The number of esters is 2. The third-order valence-electron chi connectivity index (χ3n) is 21.0. The van der Waals surface area contributed by atoms with Crippen molar-refractivity contribution in [2.45, 2.75) is 172 Å². The largest absolute Gasteiger partial charge is 0.502 e. The van der Waals surface area contributed by atoms with Crippen molar-refractivity contribution < 1.29 is 101 Å². The van der Waals surface area contributed by atoms with Crippen LogP contribution in [0.15, 0.2) is 101 Å². The fourth-order valence-corrected chi connectivity index (χ4v) is 16.2. The van der Waals surface area contributed by atoms with Crippen molar-refractivity contribution in [1.29, 1.82) is 0 Å². The van der Waals surface area contributed by atoms with Crippen LogP contribution in [0.3, 0.4) is 0 Å². The first-order chi connectivity index (χ1) is 46.1. The number of allylic oxidation sites excluding steroid dienone is 5. The summed E-state index contributed by atoms with van der Waals surface area (Å²) in [6, 6.07) is 12.0. The molecule has 4 aromatic rings. The summed E-state index contributed by atoms with van der Waals surface area (Å²) in [5.74, 6) is -5.91. The maximum absolute atomic E-state index is 16.4. The number of phenolic OH excluding ortho intramolecular Hbond substituents is 1. The van der Waals surface area contributed by atoms with Crippen LogP contribution in [0, 0.1) is 23.7 Å². The van der Waals surface area contributed by atoms with E-state index < -0.39 is 118 Å². The Hall–Kier alpha value is -8.51. The summed E-state index contributed by atoms with van der Waals surface area (Å²) in [5.41, 5.74) is -0.563. The smallest absolute Gasteiger partial charge is 0.343 e. The number of aliphatic hydroxyl groups excluding tert-OH is 2. The van der Waals surface area contributed by atoms with Gasteiger partial charge in [-0.3, -0.25) is 19.2 Å². The maximum Gasteiger partial charge on any atom is 0.343 e. The third-order valence-corrected chi connectivity index (χ3v) is 21.0. The molecular formula is C75H81NO21. The van der Waals surface area contributed by atoms with Gasteiger partial charge in [-0.15, -0.1) is 0 Å². The Kier molecular flexibility index (Phi) is 16.2. The first-order valence-corrected chi connectivity index (χ1v) is 33.0. The van der Waals surface area contributed by atoms with E-state index in [0.29, 0.717) is 57.9 Å². The van der Waals surface area contributed by atoms with Gasteiger partial charge in [0, 0.05) is 46.8 Å². The zero-order valence-corrected chi connectivity index (χ0v) is 56.3. The standard InChI is InChI=1S/C75H81NO21/c1-35(2)14-13-23-73(10)24-22-43-62(95-73)42(20-15-36(3)4)64-56(63(43)93-68(83)38-16-18-41(19-17-38)91-70-61(80)60(79)65-52(92-70)33-90-72(8,9)94-65)58(77)47-26-40-29-53-71(6,7)97-74(66(40)81,75(47,53)96-64)25-21-37(5)67(82)76-57-45-31-49-48(88-34-89-49)30-44(45)54(55-46(57)32-87-69(55)84)39-27-50(85-11)59(78)51(28-39)86-12/h14-19,21-22,24,26-28,30-31,40,46,52-55,57,60-61,65,70,78-80H,13,20,23,25,29,32-34H2,1-12H3,(H,76,82)/b37-21-/t40?,46?,52-,53?,54?,55?,57?,60-,61-,65-,70-,73?,74?,75?/m1/s1. The van der Waals surface area contributed by atoms with Crippen molar-refractivity contribution in [3.63, 3.8) is 0 Å². The molecule has 5 fully saturated rings. The Balaban J connectivity index is 0.824. The summed E-state index contributed by atoms with van der Waals surface area (Å²) in [5, 5.41) is 36.4. The minimum atomic E-state index is -1.90. The second kappa shape index (κ2) is 23.9. The molecule has 22 heteroatoms. The quantitative estimate of drug-likeness (QED) is 0.0351. The molecule has 22 nitrogen and oxygen atoms in total. The summed E-state index contributed by atoms with van der Waals surface area (Å²) < 4.78 is 81.1. The zero-order chi connectivity index (χ0) is 68.7. The Labute approximate surface area is 561 Å². The van der Waals surface area contributed by atoms with Gasteiger partial charge in [0.15, 0.2) is 57.3 Å². The van der Waals surface area contributed by atoms with Gasteiger partial charge in [0.25, 0.3) is 0 Å². The van der Waals surface area contributed by atoms with Gasteiger partial charge in [-0.2, -0.15) is 0 Å². The lowest BCUT2D eigenvalue weighted by Crippen LogP contribution is -2.72. The summed E-state index contributed by atoms with van der Waals surface area (Å²) >= 11 is 0. The van der Waals surface area contributed by atoms with Crippen LogP contribution < -0.4 is 43.2 Å². The Morgan fingerprint density at radius 3 is 2.21 bits per heavy atom. The van der Waals surface area contributed by atoms with Crippen LogP contribution in [0.4, 0.5) is 0 Å². The highest BCUT2D eigenvalue weighted by atomic mass is 16.8. The fraction of sp³-hybridized carbons (Fsp3) is 0.480. The molecule has 4 aromatic carbocycles. The fourth-order valence-electron chi connectivity index (χ4n) is 16.2. The predicted molar refractivity (Wildman–Crippen MR) is 347 cm³/mol. The number of benzene rings is 4. The lowest BCUT2D eigenvalue weighted by Gasteiger charge is -2.56. The van der Waals surface area contributed by atoms with E-state index in [4.69, 9.17) is 61.6 Å². The number of nitrogens with one attached hydrogen (secondary N) is 1. The third kappa shape index (κ3) is 10.7. The van der Waals surface area contributed by atoms with Gasteiger partial charge in [0.1, 0.15) is 52.8 Å². The minimum Gasteiger partial charge on any atom is -0.502 e. The lowest BCUT2D eigenvalue weighted by atomic mass is 9.51. The van der Waals surface area contributed by atoms with E-state index in [-0.39, 0.29) is 102 Å². The molecule has 4 saturated heterocycles. The Bertz CT molecular complexity index is 4120. The number of phenols is 1. The lowest BCUT2D eigenvalue weighted by molar-refractivity contribution is -0.373. The number of hydrogen-bond acceptors (Lipinski definition) is 21. The van der Waals surface area contributed by atoms with Crippen LogP contribution in [0.2, 0.25) is 0 Å². The number of ketones is 2. The van der Waals surface area contributed by atoms with E-state index in [9.17, 15) is 24.9 Å². The zero-order valence-electron chi connectivity index (χ0n) is 56.3. The number of methoxy groups -OCH3 is 2. The van der Waals surface area contributed by atoms with Crippen LogP contribution >= 0.6 is 0 Å².